The van der Waals surface area contributed by atoms with Crippen LogP contribution in [-0.4, -0.2) is 27.4 Å². The highest BCUT2D eigenvalue weighted by atomic mass is 15.4. The summed E-state index contributed by atoms with van der Waals surface area (Å²) >= 11 is 0. The van der Waals surface area contributed by atoms with Crippen molar-refractivity contribution in [2.24, 2.45) is 0 Å². The normalized spacial score (nSPS) is 14.9. The van der Waals surface area contributed by atoms with Gasteiger partial charge in [-0.25, -0.2) is 0 Å². The lowest BCUT2D eigenvalue weighted by molar-refractivity contribution is 0.939. The lowest BCUT2D eigenvalue weighted by Gasteiger charge is -2.24. The minimum Gasteiger partial charge on any atom is -0.355 e. The molecular formula is C23H21N5. The molecule has 2 aliphatic heterocycles. The van der Waals surface area contributed by atoms with E-state index in [-0.39, 0.29) is 0 Å². The molecule has 0 spiro atoms. The topological polar surface area (TPSA) is 36.8 Å². The summed E-state index contributed by atoms with van der Waals surface area (Å²) in [6.45, 7) is 1.54. The van der Waals surface area contributed by atoms with Gasteiger partial charge < -0.3 is 19.6 Å². The van der Waals surface area contributed by atoms with E-state index in [2.05, 4.69) is 94.4 Å². The Labute approximate surface area is 165 Å². The number of nitrogens with zero attached hydrogens (tertiary/aromatic N) is 5. The largest absolute Gasteiger partial charge is 0.355 e. The molecule has 0 unspecified atom stereocenters. The smallest absolute Gasteiger partial charge is 0.0993 e. The zero-order valence-electron chi connectivity index (χ0n) is 16.0. The highest BCUT2D eigenvalue weighted by Crippen LogP contribution is 2.44. The lowest BCUT2D eigenvalue weighted by Crippen LogP contribution is -2.26. The Kier molecular flexibility index (Phi) is 3.66. The van der Waals surface area contributed by atoms with E-state index in [1.165, 1.54) is 22.7 Å². The second-order valence-electron chi connectivity index (χ2n) is 7.36. The van der Waals surface area contributed by atoms with Crippen molar-refractivity contribution in [2.75, 3.05) is 47.0 Å². The SMILES string of the molecule is CN1CN(c2cc(C#N)cc(N3CN(C)c4ccccc43)c2)c2ccccc21. The Morgan fingerprint density at radius 2 is 1.11 bits per heavy atom. The van der Waals surface area contributed by atoms with Gasteiger partial charge in [0.25, 0.3) is 0 Å². The van der Waals surface area contributed by atoms with Crippen molar-refractivity contribution in [3.63, 3.8) is 0 Å². The van der Waals surface area contributed by atoms with Crippen LogP contribution in [0.15, 0.2) is 66.7 Å². The van der Waals surface area contributed by atoms with Crippen LogP contribution in [0.1, 0.15) is 5.56 Å². The number of fused-ring (bicyclic) bond motifs is 2. The molecule has 0 aromatic heterocycles. The van der Waals surface area contributed by atoms with Gasteiger partial charge in [0.15, 0.2) is 0 Å². The maximum atomic E-state index is 9.66. The molecule has 0 fully saturated rings. The Balaban J connectivity index is 1.61. The lowest BCUT2D eigenvalue weighted by atomic mass is 10.1. The number of hydrogen-bond donors (Lipinski definition) is 0. The fourth-order valence-corrected chi connectivity index (χ4v) is 4.17. The van der Waals surface area contributed by atoms with Crippen molar-refractivity contribution < 1.29 is 0 Å². The van der Waals surface area contributed by atoms with E-state index in [1.807, 2.05) is 12.1 Å². The second-order valence-corrected chi connectivity index (χ2v) is 7.36. The van der Waals surface area contributed by atoms with Crippen LogP contribution >= 0.6 is 0 Å². The third-order valence-electron chi connectivity index (χ3n) is 5.53. The predicted molar refractivity (Wildman–Crippen MR) is 115 cm³/mol. The fraction of sp³-hybridized carbons (Fsp3) is 0.174. The molecule has 0 amide bonds. The second kappa shape index (κ2) is 6.21. The molecule has 0 radical (unpaired) electrons. The molecule has 5 heteroatoms. The maximum absolute atomic E-state index is 9.66. The van der Waals surface area contributed by atoms with Gasteiger partial charge in [-0.2, -0.15) is 5.26 Å². The van der Waals surface area contributed by atoms with Crippen molar-refractivity contribution in [1.82, 2.24) is 0 Å². The Hall–Kier alpha value is -3.65. The molecule has 28 heavy (non-hydrogen) atoms. The van der Waals surface area contributed by atoms with Gasteiger partial charge >= 0.3 is 0 Å². The van der Waals surface area contributed by atoms with Crippen molar-refractivity contribution in [3.8, 4) is 6.07 Å². The average molecular weight is 367 g/mol. The van der Waals surface area contributed by atoms with Crippen molar-refractivity contribution in [2.45, 2.75) is 0 Å². The summed E-state index contributed by atoms with van der Waals surface area (Å²) in [5, 5.41) is 9.66. The number of rotatable bonds is 2. The van der Waals surface area contributed by atoms with E-state index in [0.717, 1.165) is 24.7 Å². The molecule has 0 atom stereocenters. The van der Waals surface area contributed by atoms with Crippen LogP contribution < -0.4 is 19.6 Å². The molecule has 3 aromatic carbocycles. The third-order valence-corrected chi connectivity index (χ3v) is 5.53. The summed E-state index contributed by atoms with van der Waals surface area (Å²) in [6.07, 6.45) is 0. The standard InChI is InChI=1S/C23H21N5/c1-25-15-27(22-9-5-3-7-20(22)25)18-11-17(14-24)12-19(13-18)28-16-26(2)21-8-4-6-10-23(21)28/h3-13H,15-16H2,1-2H3. The summed E-state index contributed by atoms with van der Waals surface area (Å²) in [5.74, 6) is 0. The minimum absolute atomic E-state index is 0.673. The van der Waals surface area contributed by atoms with E-state index >= 15 is 0 Å². The maximum Gasteiger partial charge on any atom is 0.0993 e. The fourth-order valence-electron chi connectivity index (χ4n) is 4.17. The monoisotopic (exact) mass is 367 g/mol. The molecule has 5 rings (SSSR count). The van der Waals surface area contributed by atoms with Crippen LogP contribution in [0.4, 0.5) is 34.1 Å². The number of benzene rings is 3. The highest BCUT2D eigenvalue weighted by Gasteiger charge is 2.27. The summed E-state index contributed by atoms with van der Waals surface area (Å²) in [7, 11) is 4.19. The first-order chi connectivity index (χ1) is 13.7. The van der Waals surface area contributed by atoms with Gasteiger partial charge in [-0.15, -0.1) is 0 Å². The minimum atomic E-state index is 0.673. The van der Waals surface area contributed by atoms with Crippen molar-refractivity contribution in [3.05, 3.63) is 72.3 Å². The first-order valence-corrected chi connectivity index (χ1v) is 9.36. The average Bonchev–Trinajstić information content (AvgIpc) is 3.26. The van der Waals surface area contributed by atoms with Gasteiger partial charge in [0.05, 0.1) is 47.7 Å². The van der Waals surface area contributed by atoms with Gasteiger partial charge in [0.2, 0.25) is 0 Å². The first kappa shape index (κ1) is 16.5. The van der Waals surface area contributed by atoms with E-state index in [4.69, 9.17) is 0 Å². The summed E-state index contributed by atoms with van der Waals surface area (Å²) in [6, 6.07) is 25.3. The van der Waals surface area contributed by atoms with Crippen LogP contribution in [0.3, 0.4) is 0 Å². The molecular weight excluding hydrogens is 346 g/mol. The molecule has 0 N–H and O–H groups in total. The van der Waals surface area contributed by atoms with Crippen LogP contribution in [0.2, 0.25) is 0 Å². The van der Waals surface area contributed by atoms with E-state index in [9.17, 15) is 5.26 Å². The molecule has 0 saturated heterocycles. The zero-order chi connectivity index (χ0) is 19.3. The van der Waals surface area contributed by atoms with Gasteiger partial charge in [0.1, 0.15) is 0 Å². The van der Waals surface area contributed by atoms with Gasteiger partial charge in [-0.1, -0.05) is 24.3 Å². The zero-order valence-corrected chi connectivity index (χ0v) is 16.0. The number of para-hydroxylation sites is 4. The number of hydrogen-bond acceptors (Lipinski definition) is 5. The molecule has 0 saturated carbocycles. The van der Waals surface area contributed by atoms with E-state index in [0.29, 0.717) is 5.56 Å². The van der Waals surface area contributed by atoms with Crippen molar-refractivity contribution >= 4 is 34.1 Å². The molecule has 0 aliphatic carbocycles. The van der Waals surface area contributed by atoms with Gasteiger partial charge in [0, 0.05) is 25.5 Å². The molecule has 138 valence electrons. The van der Waals surface area contributed by atoms with Crippen LogP contribution in [0, 0.1) is 11.3 Å². The summed E-state index contributed by atoms with van der Waals surface area (Å²) in [5.41, 5.74) is 7.51. The number of nitriles is 1. The van der Waals surface area contributed by atoms with Gasteiger partial charge in [-0.3, -0.25) is 0 Å². The van der Waals surface area contributed by atoms with Crippen molar-refractivity contribution in [1.29, 1.82) is 5.26 Å². The van der Waals surface area contributed by atoms with Crippen LogP contribution in [0.25, 0.3) is 0 Å². The van der Waals surface area contributed by atoms with Crippen LogP contribution in [-0.2, 0) is 0 Å². The first-order valence-electron chi connectivity index (χ1n) is 9.36. The Morgan fingerprint density at radius 3 is 1.54 bits per heavy atom. The molecule has 0 bridgehead atoms. The van der Waals surface area contributed by atoms with Crippen LogP contribution in [0.5, 0.6) is 0 Å². The Morgan fingerprint density at radius 1 is 0.679 bits per heavy atom. The third kappa shape index (κ3) is 2.46. The van der Waals surface area contributed by atoms with E-state index < -0.39 is 0 Å². The molecule has 2 aliphatic rings. The predicted octanol–water partition coefficient (Wildman–Crippen LogP) is 4.65. The summed E-state index contributed by atoms with van der Waals surface area (Å²) in [4.78, 5) is 9.00. The molecule has 5 nitrogen and oxygen atoms in total. The van der Waals surface area contributed by atoms with E-state index in [1.54, 1.807) is 0 Å². The number of anilines is 6. The Bertz CT molecular complexity index is 1020. The molecule has 2 heterocycles. The highest BCUT2D eigenvalue weighted by molar-refractivity contribution is 5.86. The summed E-state index contributed by atoms with van der Waals surface area (Å²) < 4.78 is 0. The van der Waals surface area contributed by atoms with Gasteiger partial charge in [-0.05, 0) is 42.5 Å². The molecule has 3 aromatic rings. The quantitative estimate of drug-likeness (QED) is 0.659.